The first-order valence-electron chi connectivity index (χ1n) is 12.1. The van der Waals surface area contributed by atoms with Crippen LogP contribution in [0.4, 0.5) is 0 Å². The van der Waals surface area contributed by atoms with E-state index in [4.69, 9.17) is 9.72 Å². The minimum atomic E-state index is 0.00791. The van der Waals surface area contributed by atoms with E-state index in [0.29, 0.717) is 13.2 Å². The Bertz CT molecular complexity index is 1250. The average Bonchev–Trinajstić information content (AvgIpc) is 3.20. The number of fused-ring (bicyclic) bond motifs is 1. The third kappa shape index (κ3) is 5.84. The molecule has 4 aromatic rings. The van der Waals surface area contributed by atoms with E-state index >= 15 is 0 Å². The number of hydrogen-bond donors (Lipinski definition) is 1. The Hall–Kier alpha value is -3.60. The van der Waals surface area contributed by atoms with Gasteiger partial charge in [0.1, 0.15) is 18.2 Å². The molecule has 4 rings (SSSR count). The molecule has 0 aliphatic heterocycles. The van der Waals surface area contributed by atoms with Crippen LogP contribution < -0.4 is 10.1 Å². The lowest BCUT2D eigenvalue weighted by Gasteiger charge is -2.12. The number of unbranched alkanes of at least 4 members (excludes halogenated alkanes) is 2. The summed E-state index contributed by atoms with van der Waals surface area (Å²) in [6.07, 6.45) is 3.93. The van der Waals surface area contributed by atoms with Crippen molar-refractivity contribution in [2.24, 2.45) is 0 Å². The number of imidazole rings is 1. The molecule has 1 heterocycles. The van der Waals surface area contributed by atoms with Gasteiger partial charge in [0.2, 0.25) is 0 Å². The molecule has 0 saturated carbocycles. The Kier molecular flexibility index (Phi) is 7.97. The van der Waals surface area contributed by atoms with Gasteiger partial charge in [-0.25, -0.2) is 4.98 Å². The molecule has 5 heteroatoms. The normalized spacial score (nSPS) is 11.0. The molecule has 0 aliphatic rings. The molecule has 1 N–H and O–H groups in total. The van der Waals surface area contributed by atoms with Crippen molar-refractivity contribution in [3.8, 4) is 5.75 Å². The number of amides is 1. The predicted molar refractivity (Wildman–Crippen MR) is 137 cm³/mol. The van der Waals surface area contributed by atoms with Crippen LogP contribution in [0.25, 0.3) is 11.0 Å². The Balaban J connectivity index is 1.28. The molecule has 0 bridgehead atoms. The van der Waals surface area contributed by atoms with Gasteiger partial charge in [0, 0.05) is 18.5 Å². The van der Waals surface area contributed by atoms with Crippen LogP contribution in [0, 0.1) is 13.8 Å². The molecule has 3 aromatic carbocycles. The molecule has 0 aliphatic carbocycles. The number of nitrogens with one attached hydrogen (secondary N) is 1. The fourth-order valence-electron chi connectivity index (χ4n) is 4.24. The van der Waals surface area contributed by atoms with Crippen molar-refractivity contribution in [3.63, 3.8) is 0 Å². The quantitative estimate of drug-likeness (QED) is 0.288. The number of ether oxygens (including phenoxy) is 1. The van der Waals surface area contributed by atoms with E-state index in [1.165, 1.54) is 0 Å². The lowest BCUT2D eigenvalue weighted by atomic mass is 10.1. The van der Waals surface area contributed by atoms with Crippen LogP contribution in [0.5, 0.6) is 5.75 Å². The summed E-state index contributed by atoms with van der Waals surface area (Å²) in [5, 5.41) is 3.04. The summed E-state index contributed by atoms with van der Waals surface area (Å²) in [6, 6.07) is 24.1. The molecular formula is C29H33N3O2. The molecule has 0 radical (unpaired) electrons. The topological polar surface area (TPSA) is 56.1 Å². The summed E-state index contributed by atoms with van der Waals surface area (Å²) in [7, 11) is 0. The highest BCUT2D eigenvalue weighted by Crippen LogP contribution is 2.20. The summed E-state index contributed by atoms with van der Waals surface area (Å²) in [4.78, 5) is 17.2. The van der Waals surface area contributed by atoms with Crippen molar-refractivity contribution in [3.05, 3.63) is 95.3 Å². The zero-order chi connectivity index (χ0) is 23.8. The lowest BCUT2D eigenvalue weighted by Crippen LogP contribution is -2.25. The van der Waals surface area contributed by atoms with Gasteiger partial charge in [-0.2, -0.15) is 0 Å². The van der Waals surface area contributed by atoms with Crippen LogP contribution >= 0.6 is 0 Å². The summed E-state index contributed by atoms with van der Waals surface area (Å²) in [5.41, 5.74) is 5.08. The van der Waals surface area contributed by atoms with E-state index in [1.807, 2.05) is 55.5 Å². The third-order valence-corrected chi connectivity index (χ3v) is 6.15. The first-order valence-corrected chi connectivity index (χ1v) is 12.1. The highest BCUT2D eigenvalue weighted by Gasteiger charge is 2.11. The maximum atomic E-state index is 12.4. The number of benzene rings is 3. The second-order valence-electron chi connectivity index (χ2n) is 8.66. The van der Waals surface area contributed by atoms with Gasteiger partial charge in [-0.05, 0) is 62.1 Å². The van der Waals surface area contributed by atoms with Crippen molar-refractivity contribution in [2.45, 2.75) is 46.1 Å². The second kappa shape index (κ2) is 11.5. The van der Waals surface area contributed by atoms with Crippen LogP contribution in [0.3, 0.4) is 0 Å². The fraction of sp³-hybridized carbons (Fsp3) is 0.310. The van der Waals surface area contributed by atoms with Crippen LogP contribution in [-0.2, 0) is 13.0 Å². The van der Waals surface area contributed by atoms with E-state index in [1.54, 1.807) is 0 Å². The molecule has 176 valence electrons. The van der Waals surface area contributed by atoms with Gasteiger partial charge < -0.3 is 14.6 Å². The van der Waals surface area contributed by atoms with Gasteiger partial charge in [0.15, 0.2) is 0 Å². The highest BCUT2D eigenvalue weighted by molar-refractivity contribution is 5.95. The minimum absolute atomic E-state index is 0.00791. The molecule has 0 fully saturated rings. The molecule has 0 unspecified atom stereocenters. The number of aryl methyl sites for hydroxylation is 3. The number of aromatic nitrogens is 2. The van der Waals surface area contributed by atoms with Gasteiger partial charge in [-0.3, -0.25) is 4.79 Å². The molecule has 1 aromatic heterocycles. The van der Waals surface area contributed by atoms with Gasteiger partial charge in [-0.1, -0.05) is 55.0 Å². The highest BCUT2D eigenvalue weighted by atomic mass is 16.5. The second-order valence-corrected chi connectivity index (χ2v) is 8.66. The van der Waals surface area contributed by atoms with Gasteiger partial charge in [-0.15, -0.1) is 0 Å². The number of hydrogen-bond acceptors (Lipinski definition) is 3. The van der Waals surface area contributed by atoms with Gasteiger partial charge in [0.05, 0.1) is 17.6 Å². The standard InChI is InChI=1S/C29H33N3O2/c1-22-12-5-7-14-24(22)29(33)30-19-11-3-4-18-28-31-25-15-8-9-16-26(25)32(28)20-21-34-27-17-10-6-13-23(27)2/h5-10,12-17H,3-4,11,18-21H2,1-2H3,(H,30,33). The zero-order valence-electron chi connectivity index (χ0n) is 20.1. The summed E-state index contributed by atoms with van der Waals surface area (Å²) >= 11 is 0. The zero-order valence-corrected chi connectivity index (χ0v) is 20.1. The Morgan fingerprint density at radius 1 is 0.882 bits per heavy atom. The molecule has 0 atom stereocenters. The van der Waals surface area contributed by atoms with Crippen molar-refractivity contribution < 1.29 is 9.53 Å². The largest absolute Gasteiger partial charge is 0.491 e. The number of para-hydroxylation sites is 3. The van der Waals surface area contributed by atoms with E-state index in [0.717, 1.165) is 71.5 Å². The predicted octanol–water partition coefficient (Wildman–Crippen LogP) is 5.87. The lowest BCUT2D eigenvalue weighted by molar-refractivity contribution is 0.0952. The van der Waals surface area contributed by atoms with Crippen LogP contribution in [0.15, 0.2) is 72.8 Å². The van der Waals surface area contributed by atoms with E-state index in [-0.39, 0.29) is 5.91 Å². The number of carbonyl (C=O) groups is 1. The number of rotatable bonds is 11. The number of nitrogens with zero attached hydrogens (tertiary/aromatic N) is 2. The fourth-order valence-corrected chi connectivity index (χ4v) is 4.24. The molecule has 0 saturated heterocycles. The summed E-state index contributed by atoms with van der Waals surface area (Å²) in [6.45, 7) is 6.08. The van der Waals surface area contributed by atoms with Crippen LogP contribution in [0.1, 0.15) is 46.6 Å². The third-order valence-electron chi connectivity index (χ3n) is 6.15. The van der Waals surface area contributed by atoms with Crippen molar-refractivity contribution in [1.29, 1.82) is 0 Å². The molecule has 0 spiro atoms. The Morgan fingerprint density at radius 2 is 1.62 bits per heavy atom. The smallest absolute Gasteiger partial charge is 0.251 e. The Morgan fingerprint density at radius 3 is 2.44 bits per heavy atom. The molecule has 1 amide bonds. The summed E-state index contributed by atoms with van der Waals surface area (Å²) < 4.78 is 8.34. The maximum Gasteiger partial charge on any atom is 0.251 e. The van der Waals surface area contributed by atoms with Crippen LogP contribution in [-0.4, -0.2) is 28.6 Å². The minimum Gasteiger partial charge on any atom is -0.491 e. The average molecular weight is 456 g/mol. The van der Waals surface area contributed by atoms with Crippen molar-refractivity contribution in [1.82, 2.24) is 14.9 Å². The first kappa shape index (κ1) is 23.6. The van der Waals surface area contributed by atoms with E-state index in [9.17, 15) is 4.79 Å². The first-order chi connectivity index (χ1) is 16.6. The van der Waals surface area contributed by atoms with E-state index < -0.39 is 0 Å². The maximum absolute atomic E-state index is 12.4. The van der Waals surface area contributed by atoms with Crippen molar-refractivity contribution in [2.75, 3.05) is 13.2 Å². The van der Waals surface area contributed by atoms with E-state index in [2.05, 4.69) is 41.1 Å². The van der Waals surface area contributed by atoms with Gasteiger partial charge >= 0.3 is 0 Å². The summed E-state index contributed by atoms with van der Waals surface area (Å²) in [5.74, 6) is 2.04. The molecular weight excluding hydrogens is 422 g/mol. The van der Waals surface area contributed by atoms with Gasteiger partial charge in [0.25, 0.3) is 5.91 Å². The van der Waals surface area contributed by atoms with Crippen LogP contribution in [0.2, 0.25) is 0 Å². The number of carbonyl (C=O) groups excluding carboxylic acids is 1. The monoisotopic (exact) mass is 455 g/mol. The molecule has 34 heavy (non-hydrogen) atoms. The van der Waals surface area contributed by atoms with Crippen molar-refractivity contribution >= 4 is 16.9 Å². The Labute approximate surface area is 201 Å². The SMILES string of the molecule is Cc1ccccc1OCCn1c(CCCCCNC(=O)c2ccccc2C)nc2ccccc21. The molecule has 5 nitrogen and oxygen atoms in total.